The second kappa shape index (κ2) is 8.08. The average Bonchev–Trinajstić information content (AvgIpc) is 2.69. The molecule has 8 nitrogen and oxygen atoms in total. The summed E-state index contributed by atoms with van der Waals surface area (Å²) < 4.78 is 58.3. The largest absolute Gasteiger partial charge is 0.378 e. The highest BCUT2D eigenvalue weighted by molar-refractivity contribution is 7.92. The molecule has 28 heavy (non-hydrogen) atoms. The minimum Gasteiger partial charge on any atom is -0.378 e. The maximum Gasteiger partial charge on any atom is 0.261 e. The first-order chi connectivity index (χ1) is 13.2. The fraction of sp³-hybridized carbons (Fsp3) is 0.333. The van der Waals surface area contributed by atoms with E-state index in [0.29, 0.717) is 18.9 Å². The summed E-state index contributed by atoms with van der Waals surface area (Å²) in [4.78, 5) is 2.19. The second-order valence-corrected chi connectivity index (χ2v) is 10.3. The maximum atomic E-state index is 12.6. The van der Waals surface area contributed by atoms with E-state index in [1.165, 1.54) is 38.4 Å². The molecule has 0 unspecified atom stereocenters. The third kappa shape index (κ3) is 4.46. The van der Waals surface area contributed by atoms with Gasteiger partial charge in [0.05, 0.1) is 23.0 Å². The van der Waals surface area contributed by atoms with Gasteiger partial charge in [-0.15, -0.1) is 0 Å². The zero-order valence-corrected chi connectivity index (χ0v) is 17.3. The molecule has 0 aliphatic carbocycles. The van der Waals surface area contributed by atoms with Gasteiger partial charge in [0.25, 0.3) is 10.0 Å². The van der Waals surface area contributed by atoms with Crippen LogP contribution in [0.4, 0.5) is 11.4 Å². The molecule has 0 bridgehead atoms. The zero-order chi connectivity index (χ0) is 20.4. The summed E-state index contributed by atoms with van der Waals surface area (Å²) in [5, 5.41) is 0. The average molecular weight is 426 g/mol. The summed E-state index contributed by atoms with van der Waals surface area (Å²) in [6.07, 6.45) is 0. The number of benzene rings is 2. The fourth-order valence-electron chi connectivity index (χ4n) is 2.78. The molecule has 1 aliphatic rings. The van der Waals surface area contributed by atoms with Crippen molar-refractivity contribution in [3.05, 3.63) is 48.5 Å². The van der Waals surface area contributed by atoms with E-state index in [9.17, 15) is 16.8 Å². The minimum absolute atomic E-state index is 0.0116. The number of sulfonamides is 2. The first-order valence-electron chi connectivity index (χ1n) is 8.68. The van der Waals surface area contributed by atoms with Crippen LogP contribution in [0, 0.1) is 0 Å². The third-order valence-electron chi connectivity index (χ3n) is 4.41. The van der Waals surface area contributed by atoms with Gasteiger partial charge in [0.15, 0.2) is 0 Å². The van der Waals surface area contributed by atoms with Crippen LogP contribution in [0.25, 0.3) is 0 Å². The summed E-state index contributed by atoms with van der Waals surface area (Å²) in [7, 11) is -4.60. The molecular formula is C18H23N3O5S2. The van der Waals surface area contributed by atoms with Crippen LogP contribution in [0.1, 0.15) is 0 Å². The monoisotopic (exact) mass is 425 g/mol. The molecule has 1 fully saturated rings. The molecule has 2 aromatic carbocycles. The summed E-state index contributed by atoms with van der Waals surface area (Å²) in [6, 6.07) is 12.2. The van der Waals surface area contributed by atoms with Crippen molar-refractivity contribution >= 4 is 31.4 Å². The number of anilines is 2. The second-order valence-electron chi connectivity index (χ2n) is 6.51. The number of nitrogens with zero attached hydrogens (tertiary/aromatic N) is 2. The Hall–Kier alpha value is -2.14. The minimum atomic E-state index is -3.83. The van der Waals surface area contributed by atoms with Gasteiger partial charge in [0.1, 0.15) is 0 Å². The Labute approximate surface area is 165 Å². The number of ether oxygens (including phenoxy) is 1. The van der Waals surface area contributed by atoms with Gasteiger partial charge in [0, 0.05) is 38.6 Å². The van der Waals surface area contributed by atoms with Crippen molar-refractivity contribution in [2.24, 2.45) is 0 Å². The Morgan fingerprint density at radius 2 is 1.39 bits per heavy atom. The van der Waals surface area contributed by atoms with E-state index in [2.05, 4.69) is 9.62 Å². The van der Waals surface area contributed by atoms with E-state index in [-0.39, 0.29) is 9.79 Å². The van der Waals surface area contributed by atoms with Gasteiger partial charge in [-0.05, 0) is 48.5 Å². The fourth-order valence-corrected chi connectivity index (χ4v) is 4.74. The maximum absolute atomic E-state index is 12.6. The molecule has 0 amide bonds. The summed E-state index contributed by atoms with van der Waals surface area (Å²) in [6.45, 7) is 2.95. The quantitative estimate of drug-likeness (QED) is 0.755. The van der Waals surface area contributed by atoms with Gasteiger partial charge < -0.3 is 9.64 Å². The summed E-state index contributed by atoms with van der Waals surface area (Å²) in [5.41, 5.74) is 1.44. The number of hydrogen-bond donors (Lipinski definition) is 1. The molecule has 2 aromatic rings. The Bertz CT molecular complexity index is 1010. The summed E-state index contributed by atoms with van der Waals surface area (Å²) >= 11 is 0. The molecule has 1 aliphatic heterocycles. The Morgan fingerprint density at radius 1 is 0.857 bits per heavy atom. The molecule has 10 heteroatoms. The first kappa shape index (κ1) is 20.6. The normalized spacial score (nSPS) is 15.6. The molecular weight excluding hydrogens is 402 g/mol. The molecule has 3 rings (SSSR count). The number of nitrogens with one attached hydrogen (secondary N) is 1. The van der Waals surface area contributed by atoms with Crippen molar-refractivity contribution in [2.75, 3.05) is 50.0 Å². The van der Waals surface area contributed by atoms with Crippen molar-refractivity contribution in [1.82, 2.24) is 4.31 Å². The number of rotatable bonds is 6. The molecule has 0 atom stereocenters. The van der Waals surface area contributed by atoms with Crippen LogP contribution >= 0.6 is 0 Å². The lowest BCUT2D eigenvalue weighted by Gasteiger charge is -2.28. The number of morpholine rings is 1. The van der Waals surface area contributed by atoms with E-state index in [1.807, 2.05) is 12.1 Å². The lowest BCUT2D eigenvalue weighted by atomic mass is 10.2. The topological polar surface area (TPSA) is 96.0 Å². The van der Waals surface area contributed by atoms with E-state index in [0.717, 1.165) is 23.1 Å². The standard InChI is InChI=1S/C18H23N3O5S2/c1-20(2)28(24,25)18-9-7-17(8-10-18)27(22,23)19-15-3-5-16(6-4-15)21-11-13-26-14-12-21/h3-10,19H,11-14H2,1-2H3. The van der Waals surface area contributed by atoms with Crippen molar-refractivity contribution in [1.29, 1.82) is 0 Å². The molecule has 0 spiro atoms. The van der Waals surface area contributed by atoms with Gasteiger partial charge in [-0.2, -0.15) is 0 Å². The molecule has 152 valence electrons. The van der Waals surface area contributed by atoms with Crippen LogP contribution in [-0.4, -0.2) is 61.5 Å². The smallest absolute Gasteiger partial charge is 0.261 e. The Morgan fingerprint density at radius 3 is 1.93 bits per heavy atom. The van der Waals surface area contributed by atoms with Crippen molar-refractivity contribution in [2.45, 2.75) is 9.79 Å². The van der Waals surface area contributed by atoms with E-state index < -0.39 is 20.0 Å². The van der Waals surface area contributed by atoms with E-state index in [1.54, 1.807) is 12.1 Å². The molecule has 0 radical (unpaired) electrons. The third-order valence-corrected chi connectivity index (χ3v) is 7.63. The molecule has 1 N–H and O–H groups in total. The van der Waals surface area contributed by atoms with E-state index >= 15 is 0 Å². The highest BCUT2D eigenvalue weighted by Crippen LogP contribution is 2.22. The summed E-state index contributed by atoms with van der Waals surface area (Å²) in [5.74, 6) is 0. The van der Waals surface area contributed by atoms with Crippen LogP contribution in [0.5, 0.6) is 0 Å². The molecule has 0 aromatic heterocycles. The van der Waals surface area contributed by atoms with Crippen molar-refractivity contribution < 1.29 is 21.6 Å². The lowest BCUT2D eigenvalue weighted by Crippen LogP contribution is -2.36. The number of hydrogen-bond acceptors (Lipinski definition) is 6. The van der Waals surface area contributed by atoms with Gasteiger partial charge >= 0.3 is 0 Å². The molecule has 1 saturated heterocycles. The Balaban J connectivity index is 1.74. The predicted octanol–water partition coefficient (Wildman–Crippen LogP) is 1.57. The van der Waals surface area contributed by atoms with E-state index in [4.69, 9.17) is 4.74 Å². The molecule has 1 heterocycles. The van der Waals surface area contributed by atoms with Gasteiger partial charge in [-0.1, -0.05) is 0 Å². The van der Waals surface area contributed by atoms with Crippen molar-refractivity contribution in [3.8, 4) is 0 Å². The lowest BCUT2D eigenvalue weighted by molar-refractivity contribution is 0.122. The van der Waals surface area contributed by atoms with Crippen LogP contribution in [0.2, 0.25) is 0 Å². The first-order valence-corrected chi connectivity index (χ1v) is 11.6. The SMILES string of the molecule is CN(C)S(=O)(=O)c1ccc(S(=O)(=O)Nc2ccc(N3CCOCC3)cc2)cc1. The highest BCUT2D eigenvalue weighted by Gasteiger charge is 2.20. The van der Waals surface area contributed by atoms with Crippen LogP contribution in [-0.2, 0) is 24.8 Å². The van der Waals surface area contributed by atoms with Gasteiger partial charge in [-0.3, -0.25) is 4.72 Å². The van der Waals surface area contributed by atoms with Gasteiger partial charge in [-0.25, -0.2) is 21.1 Å². The van der Waals surface area contributed by atoms with Crippen molar-refractivity contribution in [3.63, 3.8) is 0 Å². The molecule has 0 saturated carbocycles. The highest BCUT2D eigenvalue weighted by atomic mass is 32.2. The van der Waals surface area contributed by atoms with Crippen LogP contribution in [0.15, 0.2) is 58.3 Å². The predicted molar refractivity (Wildman–Crippen MR) is 108 cm³/mol. The Kier molecular flexibility index (Phi) is 5.94. The van der Waals surface area contributed by atoms with Gasteiger partial charge in [0.2, 0.25) is 10.0 Å². The van der Waals surface area contributed by atoms with Crippen LogP contribution < -0.4 is 9.62 Å². The zero-order valence-electron chi connectivity index (χ0n) is 15.7. The van der Waals surface area contributed by atoms with Crippen LogP contribution in [0.3, 0.4) is 0 Å².